The van der Waals surface area contributed by atoms with Crippen LogP contribution in [0.3, 0.4) is 0 Å². The number of urea groups is 1. The number of hydrogen-bond donors (Lipinski definition) is 3. The Morgan fingerprint density at radius 1 is 1.20 bits per heavy atom. The second kappa shape index (κ2) is 7.91. The quantitative estimate of drug-likeness (QED) is 0.699. The van der Waals surface area contributed by atoms with Crippen molar-refractivity contribution >= 4 is 23.7 Å². The normalized spacial score (nSPS) is 12.2. The number of carbonyl (C=O) groups excluding carboxylic acids is 2. The van der Waals surface area contributed by atoms with E-state index in [1.807, 2.05) is 24.3 Å². The van der Waals surface area contributed by atoms with E-state index >= 15 is 0 Å². The minimum atomic E-state index is -0.822. The molecule has 5 nitrogen and oxygen atoms in total. The molecule has 0 aromatic heterocycles. The van der Waals surface area contributed by atoms with Crippen molar-refractivity contribution in [3.63, 3.8) is 0 Å². The first-order valence-electron chi connectivity index (χ1n) is 6.47. The Hall–Kier alpha value is -1.53. The van der Waals surface area contributed by atoms with E-state index in [9.17, 15) is 9.59 Å². The molecule has 1 aromatic carbocycles. The number of carbonyl (C=O) groups is 2. The van der Waals surface area contributed by atoms with Crippen molar-refractivity contribution in [3.05, 3.63) is 29.8 Å². The van der Waals surface area contributed by atoms with Gasteiger partial charge in [-0.25, -0.2) is 4.79 Å². The van der Waals surface area contributed by atoms with Crippen LogP contribution in [0, 0.1) is 0 Å². The Labute approximate surface area is 123 Å². The molecular weight excluding hydrogens is 274 g/mol. The van der Waals surface area contributed by atoms with E-state index in [-0.39, 0.29) is 11.2 Å². The maximum absolute atomic E-state index is 11.6. The Morgan fingerprint density at radius 3 is 2.30 bits per heavy atom. The lowest BCUT2D eigenvalue weighted by molar-refractivity contribution is -0.119. The molecule has 0 heterocycles. The molecule has 0 spiro atoms. The summed E-state index contributed by atoms with van der Waals surface area (Å²) >= 11 is 1.39. The van der Waals surface area contributed by atoms with E-state index < -0.39 is 6.03 Å². The van der Waals surface area contributed by atoms with Crippen molar-refractivity contribution in [1.82, 2.24) is 10.6 Å². The standard InChI is InChI=1S/C14H21N3O2S/c1-9(2)16-8-11-4-6-12(7-5-11)20-10(3)13(18)17-14(15)19/h4-7,9-10,16H,8H2,1-3H3,(H3,15,17,18,19). The molecule has 1 rings (SSSR count). The van der Waals surface area contributed by atoms with E-state index in [1.54, 1.807) is 6.92 Å². The zero-order valence-corrected chi connectivity index (χ0v) is 12.8. The van der Waals surface area contributed by atoms with Gasteiger partial charge in [-0.3, -0.25) is 10.1 Å². The van der Waals surface area contributed by atoms with E-state index in [1.165, 1.54) is 17.3 Å². The van der Waals surface area contributed by atoms with Crippen molar-refractivity contribution < 1.29 is 9.59 Å². The molecule has 0 saturated heterocycles. The van der Waals surface area contributed by atoms with Gasteiger partial charge >= 0.3 is 6.03 Å². The zero-order chi connectivity index (χ0) is 15.1. The van der Waals surface area contributed by atoms with Crippen LogP contribution in [-0.4, -0.2) is 23.2 Å². The van der Waals surface area contributed by atoms with Crippen molar-refractivity contribution in [2.45, 2.75) is 43.5 Å². The first-order valence-corrected chi connectivity index (χ1v) is 7.35. The monoisotopic (exact) mass is 295 g/mol. The number of amides is 3. The SMILES string of the molecule is CC(C)NCc1ccc(SC(C)C(=O)NC(N)=O)cc1. The molecule has 1 unspecified atom stereocenters. The third kappa shape index (κ3) is 6.08. The van der Waals surface area contributed by atoms with Crippen molar-refractivity contribution in [1.29, 1.82) is 0 Å². The first kappa shape index (κ1) is 16.5. The number of rotatable bonds is 6. The van der Waals surface area contributed by atoms with Crippen LogP contribution in [-0.2, 0) is 11.3 Å². The second-order valence-corrected chi connectivity index (χ2v) is 6.21. The topological polar surface area (TPSA) is 84.2 Å². The van der Waals surface area contributed by atoms with E-state index in [0.717, 1.165) is 11.4 Å². The predicted molar refractivity (Wildman–Crippen MR) is 81.5 cm³/mol. The molecule has 0 bridgehead atoms. The van der Waals surface area contributed by atoms with Gasteiger partial charge in [0.05, 0.1) is 5.25 Å². The van der Waals surface area contributed by atoms with Crippen LogP contribution in [0.4, 0.5) is 4.79 Å². The summed E-state index contributed by atoms with van der Waals surface area (Å²) in [5, 5.41) is 5.04. The molecule has 6 heteroatoms. The summed E-state index contributed by atoms with van der Waals surface area (Å²) < 4.78 is 0. The van der Waals surface area contributed by atoms with Gasteiger partial charge in [0.1, 0.15) is 0 Å². The molecule has 110 valence electrons. The lowest BCUT2D eigenvalue weighted by atomic mass is 10.2. The number of nitrogens with two attached hydrogens (primary N) is 1. The van der Waals surface area contributed by atoms with Gasteiger partial charge in [0, 0.05) is 17.5 Å². The average molecular weight is 295 g/mol. The van der Waals surface area contributed by atoms with Gasteiger partial charge in [-0.05, 0) is 24.6 Å². The maximum atomic E-state index is 11.6. The minimum absolute atomic E-state index is 0.373. The maximum Gasteiger partial charge on any atom is 0.318 e. The summed E-state index contributed by atoms with van der Waals surface area (Å²) in [6.07, 6.45) is 0. The number of primary amides is 1. The first-order chi connectivity index (χ1) is 9.38. The van der Waals surface area contributed by atoms with Crippen LogP contribution in [0.5, 0.6) is 0 Å². The number of imide groups is 1. The van der Waals surface area contributed by atoms with Gasteiger partial charge in [-0.1, -0.05) is 26.0 Å². The number of benzene rings is 1. The smallest absolute Gasteiger partial charge is 0.318 e. The van der Waals surface area contributed by atoms with Crippen molar-refractivity contribution in [2.75, 3.05) is 0 Å². The fraction of sp³-hybridized carbons (Fsp3) is 0.429. The summed E-state index contributed by atoms with van der Waals surface area (Å²) in [5.74, 6) is -0.381. The Morgan fingerprint density at radius 2 is 1.80 bits per heavy atom. The third-order valence-electron chi connectivity index (χ3n) is 2.57. The van der Waals surface area contributed by atoms with Gasteiger partial charge in [0.2, 0.25) is 5.91 Å². The molecule has 0 radical (unpaired) electrons. The van der Waals surface area contributed by atoms with Crippen molar-refractivity contribution in [3.8, 4) is 0 Å². The second-order valence-electron chi connectivity index (χ2n) is 4.79. The summed E-state index contributed by atoms with van der Waals surface area (Å²) in [4.78, 5) is 23.1. The summed E-state index contributed by atoms with van der Waals surface area (Å²) in [6, 6.07) is 7.61. The molecule has 3 amide bonds. The lowest BCUT2D eigenvalue weighted by Gasteiger charge is -2.11. The fourth-order valence-electron chi connectivity index (χ4n) is 1.49. The average Bonchev–Trinajstić information content (AvgIpc) is 2.37. The van der Waals surface area contributed by atoms with E-state index in [2.05, 4.69) is 24.5 Å². The summed E-state index contributed by atoms with van der Waals surface area (Å²) in [6.45, 7) is 6.75. The molecule has 0 fully saturated rings. The highest BCUT2D eigenvalue weighted by Gasteiger charge is 2.15. The molecule has 0 aliphatic carbocycles. The van der Waals surface area contributed by atoms with Crippen LogP contribution in [0.15, 0.2) is 29.2 Å². The highest BCUT2D eigenvalue weighted by molar-refractivity contribution is 8.00. The molecule has 1 aromatic rings. The molecular formula is C14H21N3O2S. The molecule has 0 saturated carbocycles. The molecule has 0 aliphatic heterocycles. The minimum Gasteiger partial charge on any atom is -0.351 e. The molecule has 1 atom stereocenters. The zero-order valence-electron chi connectivity index (χ0n) is 12.0. The van der Waals surface area contributed by atoms with Gasteiger partial charge < -0.3 is 11.1 Å². The highest BCUT2D eigenvalue weighted by atomic mass is 32.2. The third-order valence-corrected chi connectivity index (χ3v) is 3.68. The van der Waals surface area contributed by atoms with Gasteiger partial charge in [-0.15, -0.1) is 11.8 Å². The summed E-state index contributed by atoms with van der Waals surface area (Å²) in [7, 11) is 0. The Balaban J connectivity index is 2.52. The van der Waals surface area contributed by atoms with Crippen molar-refractivity contribution in [2.24, 2.45) is 5.73 Å². The predicted octanol–water partition coefficient (Wildman–Crippen LogP) is 1.86. The molecule has 4 N–H and O–H groups in total. The van der Waals surface area contributed by atoms with Gasteiger partial charge in [0.15, 0.2) is 0 Å². The Bertz CT molecular complexity index is 460. The number of thioether (sulfide) groups is 1. The van der Waals surface area contributed by atoms with E-state index in [4.69, 9.17) is 5.73 Å². The van der Waals surface area contributed by atoms with Crippen LogP contribution in [0.2, 0.25) is 0 Å². The van der Waals surface area contributed by atoms with Gasteiger partial charge in [-0.2, -0.15) is 0 Å². The van der Waals surface area contributed by atoms with Crippen LogP contribution in [0.25, 0.3) is 0 Å². The highest BCUT2D eigenvalue weighted by Crippen LogP contribution is 2.23. The molecule has 0 aliphatic rings. The largest absolute Gasteiger partial charge is 0.351 e. The van der Waals surface area contributed by atoms with Crippen LogP contribution in [0.1, 0.15) is 26.3 Å². The lowest BCUT2D eigenvalue weighted by Crippen LogP contribution is -2.39. The number of hydrogen-bond acceptors (Lipinski definition) is 4. The fourth-order valence-corrected chi connectivity index (χ4v) is 2.36. The van der Waals surface area contributed by atoms with Gasteiger partial charge in [0.25, 0.3) is 0 Å². The van der Waals surface area contributed by atoms with E-state index in [0.29, 0.717) is 6.04 Å². The summed E-state index contributed by atoms with van der Waals surface area (Å²) in [5.41, 5.74) is 6.11. The van der Waals surface area contributed by atoms with Crippen LogP contribution < -0.4 is 16.4 Å². The Kier molecular flexibility index (Phi) is 6.54. The molecule has 20 heavy (non-hydrogen) atoms. The van der Waals surface area contributed by atoms with Crippen LogP contribution >= 0.6 is 11.8 Å². The number of nitrogens with one attached hydrogen (secondary N) is 2.